The van der Waals surface area contributed by atoms with Gasteiger partial charge in [-0.2, -0.15) is 4.98 Å². The molecule has 0 unspecified atom stereocenters. The Bertz CT molecular complexity index is 1170. The standard InChI is InChI=1S/C27H40N8O3/c1-27(2,29)24(36)33-13-15-34(16-14-33)25(37)31-23-10-12-35(26(38)32-23)22-7-4-19(5-8-22)9-11-30-21-6-3-20(17-21)18-28/h4-5,7-8,10,12,20-21,30H,3,6,9,11,13-18,28-29H2,1-2H3,(H,31,32,37,38)/t20-,21+/m0/s1. The van der Waals surface area contributed by atoms with Crippen molar-refractivity contribution in [2.45, 2.75) is 51.1 Å². The van der Waals surface area contributed by atoms with Gasteiger partial charge in [0.1, 0.15) is 5.82 Å². The van der Waals surface area contributed by atoms with Crippen LogP contribution in [0.2, 0.25) is 0 Å². The summed E-state index contributed by atoms with van der Waals surface area (Å²) in [6, 6.07) is 9.65. The third-order valence-corrected chi connectivity index (χ3v) is 7.38. The van der Waals surface area contributed by atoms with E-state index in [2.05, 4.69) is 15.6 Å². The molecule has 0 bridgehead atoms. The summed E-state index contributed by atoms with van der Waals surface area (Å²) < 4.78 is 1.45. The monoisotopic (exact) mass is 524 g/mol. The first-order valence-corrected chi connectivity index (χ1v) is 13.4. The molecule has 4 rings (SSSR count). The largest absolute Gasteiger partial charge is 0.354 e. The van der Waals surface area contributed by atoms with Crippen LogP contribution in [0.1, 0.15) is 38.7 Å². The molecule has 6 N–H and O–H groups in total. The van der Waals surface area contributed by atoms with E-state index >= 15 is 0 Å². The van der Waals surface area contributed by atoms with Crippen molar-refractivity contribution in [3.8, 4) is 5.69 Å². The Morgan fingerprint density at radius 3 is 2.34 bits per heavy atom. The van der Waals surface area contributed by atoms with Crippen molar-refractivity contribution in [1.82, 2.24) is 24.7 Å². The van der Waals surface area contributed by atoms with Gasteiger partial charge in [-0.05, 0) is 82.3 Å². The van der Waals surface area contributed by atoms with E-state index in [1.54, 1.807) is 35.9 Å². The molecule has 0 spiro atoms. The number of carbonyl (C=O) groups is 2. The van der Waals surface area contributed by atoms with Crippen molar-refractivity contribution in [2.24, 2.45) is 17.4 Å². The summed E-state index contributed by atoms with van der Waals surface area (Å²) in [4.78, 5) is 45.0. The average molecular weight is 525 g/mol. The number of nitrogens with zero attached hydrogens (tertiary/aromatic N) is 4. The Hall–Kier alpha value is -3.28. The number of benzene rings is 1. The van der Waals surface area contributed by atoms with Gasteiger partial charge in [0.15, 0.2) is 0 Å². The van der Waals surface area contributed by atoms with Gasteiger partial charge in [0.05, 0.1) is 11.2 Å². The van der Waals surface area contributed by atoms with Crippen molar-refractivity contribution in [2.75, 3.05) is 44.6 Å². The molecule has 2 aromatic rings. The minimum Gasteiger partial charge on any atom is -0.338 e. The van der Waals surface area contributed by atoms with Crippen molar-refractivity contribution >= 4 is 17.8 Å². The normalized spacial score (nSPS) is 20.0. The number of rotatable bonds is 8. The highest BCUT2D eigenvalue weighted by molar-refractivity contribution is 5.89. The SMILES string of the molecule is CC(C)(N)C(=O)N1CCN(C(=O)Nc2ccn(-c3ccc(CCN[C@@H]4CC[C@H](CN)C4)cc3)c(=O)n2)CC1. The van der Waals surface area contributed by atoms with E-state index in [0.29, 0.717) is 43.8 Å². The topological polar surface area (TPSA) is 152 Å². The first-order valence-electron chi connectivity index (χ1n) is 13.4. The van der Waals surface area contributed by atoms with Crippen molar-refractivity contribution in [3.63, 3.8) is 0 Å². The number of carbonyl (C=O) groups excluding carboxylic acids is 2. The van der Waals surface area contributed by atoms with Gasteiger partial charge in [0.25, 0.3) is 0 Å². The summed E-state index contributed by atoms with van der Waals surface area (Å²) in [6.45, 7) is 6.59. The van der Waals surface area contributed by atoms with E-state index < -0.39 is 11.2 Å². The molecule has 1 saturated carbocycles. The molecule has 206 valence electrons. The quantitative estimate of drug-likeness (QED) is 0.400. The number of amides is 3. The molecule has 2 fully saturated rings. The van der Waals surface area contributed by atoms with Gasteiger partial charge in [0.2, 0.25) is 5.91 Å². The van der Waals surface area contributed by atoms with Crippen LogP contribution < -0.4 is 27.8 Å². The lowest BCUT2D eigenvalue weighted by Gasteiger charge is -2.37. The van der Waals surface area contributed by atoms with E-state index in [1.807, 2.05) is 24.3 Å². The number of anilines is 1. The maximum atomic E-state index is 12.7. The van der Waals surface area contributed by atoms with Gasteiger partial charge in [-0.1, -0.05) is 12.1 Å². The van der Waals surface area contributed by atoms with Gasteiger partial charge in [-0.3, -0.25) is 14.7 Å². The smallest absolute Gasteiger partial charge is 0.338 e. The number of urea groups is 1. The highest BCUT2D eigenvalue weighted by atomic mass is 16.2. The minimum atomic E-state index is -0.945. The molecule has 1 aliphatic heterocycles. The maximum Gasteiger partial charge on any atom is 0.354 e. The number of hydrogen-bond donors (Lipinski definition) is 4. The van der Waals surface area contributed by atoms with Crippen LogP contribution in [-0.2, 0) is 11.2 Å². The zero-order valence-corrected chi connectivity index (χ0v) is 22.4. The van der Waals surface area contributed by atoms with Crippen LogP contribution in [0.25, 0.3) is 5.69 Å². The molecule has 2 heterocycles. The van der Waals surface area contributed by atoms with Crippen LogP contribution in [0.5, 0.6) is 0 Å². The van der Waals surface area contributed by atoms with Crippen LogP contribution in [0, 0.1) is 5.92 Å². The molecule has 11 nitrogen and oxygen atoms in total. The number of piperazine rings is 1. The zero-order chi connectivity index (χ0) is 27.3. The molecular formula is C27H40N8O3. The van der Waals surface area contributed by atoms with Crippen LogP contribution in [0.15, 0.2) is 41.3 Å². The third kappa shape index (κ3) is 6.97. The Morgan fingerprint density at radius 2 is 1.74 bits per heavy atom. The molecule has 0 radical (unpaired) electrons. The maximum absolute atomic E-state index is 12.7. The fraction of sp³-hybridized carbons (Fsp3) is 0.556. The molecule has 1 saturated heterocycles. The Morgan fingerprint density at radius 1 is 1.05 bits per heavy atom. The summed E-state index contributed by atoms with van der Waals surface area (Å²) in [6.07, 6.45) is 6.08. The highest BCUT2D eigenvalue weighted by Crippen LogP contribution is 2.24. The second-order valence-electron chi connectivity index (χ2n) is 10.9. The molecule has 2 aliphatic rings. The Labute approximate surface area is 223 Å². The van der Waals surface area contributed by atoms with E-state index in [4.69, 9.17) is 11.5 Å². The molecule has 2 atom stereocenters. The van der Waals surface area contributed by atoms with Crippen LogP contribution >= 0.6 is 0 Å². The number of aromatic nitrogens is 2. The van der Waals surface area contributed by atoms with Crippen LogP contribution in [-0.4, -0.2) is 82.1 Å². The van der Waals surface area contributed by atoms with Crippen LogP contribution in [0.4, 0.5) is 10.6 Å². The lowest BCUT2D eigenvalue weighted by Crippen LogP contribution is -2.58. The Kier molecular flexibility index (Phi) is 8.80. The summed E-state index contributed by atoms with van der Waals surface area (Å²) >= 11 is 0. The fourth-order valence-corrected chi connectivity index (χ4v) is 5.10. The molecule has 1 aromatic carbocycles. The van der Waals surface area contributed by atoms with Gasteiger partial charge in [-0.15, -0.1) is 0 Å². The predicted molar refractivity (Wildman–Crippen MR) is 147 cm³/mol. The van der Waals surface area contributed by atoms with Crippen LogP contribution in [0.3, 0.4) is 0 Å². The molecular weight excluding hydrogens is 484 g/mol. The van der Waals surface area contributed by atoms with Gasteiger partial charge < -0.3 is 26.6 Å². The first kappa shape index (κ1) is 27.7. The number of nitrogens with two attached hydrogens (primary N) is 2. The van der Waals surface area contributed by atoms with E-state index in [0.717, 1.165) is 25.9 Å². The molecule has 3 amide bonds. The van der Waals surface area contributed by atoms with E-state index in [-0.39, 0.29) is 17.8 Å². The molecule has 1 aliphatic carbocycles. The lowest BCUT2D eigenvalue weighted by molar-refractivity contribution is -0.137. The highest BCUT2D eigenvalue weighted by Gasteiger charge is 2.31. The Balaban J connectivity index is 1.27. The zero-order valence-electron chi connectivity index (χ0n) is 22.4. The summed E-state index contributed by atoms with van der Waals surface area (Å²) in [5.41, 5.74) is 12.2. The summed E-state index contributed by atoms with van der Waals surface area (Å²) in [5.74, 6) is 0.692. The second-order valence-corrected chi connectivity index (χ2v) is 10.9. The second kappa shape index (κ2) is 12.1. The van der Waals surface area contributed by atoms with Crippen molar-refractivity contribution < 1.29 is 9.59 Å². The van der Waals surface area contributed by atoms with E-state index in [9.17, 15) is 14.4 Å². The molecule has 38 heavy (non-hydrogen) atoms. The fourth-order valence-electron chi connectivity index (χ4n) is 5.10. The van der Waals surface area contributed by atoms with Crippen molar-refractivity contribution in [1.29, 1.82) is 0 Å². The minimum absolute atomic E-state index is 0.141. The average Bonchev–Trinajstić information content (AvgIpc) is 3.36. The number of hydrogen-bond acceptors (Lipinski definition) is 7. The lowest BCUT2D eigenvalue weighted by atomic mass is 10.1. The number of nitrogens with one attached hydrogen (secondary N) is 2. The molecule has 1 aromatic heterocycles. The van der Waals surface area contributed by atoms with Gasteiger partial charge in [-0.25, -0.2) is 9.59 Å². The van der Waals surface area contributed by atoms with Gasteiger partial charge in [0, 0.05) is 38.4 Å². The first-order chi connectivity index (χ1) is 18.1. The predicted octanol–water partition coefficient (Wildman–Crippen LogP) is 0.905. The third-order valence-electron chi connectivity index (χ3n) is 7.38. The van der Waals surface area contributed by atoms with Crippen molar-refractivity contribution in [3.05, 3.63) is 52.6 Å². The molecule has 11 heteroatoms. The summed E-state index contributed by atoms with van der Waals surface area (Å²) in [7, 11) is 0. The van der Waals surface area contributed by atoms with Gasteiger partial charge >= 0.3 is 11.7 Å². The summed E-state index contributed by atoms with van der Waals surface area (Å²) in [5, 5.41) is 6.31. The van der Waals surface area contributed by atoms with E-state index in [1.165, 1.54) is 23.0 Å².